The smallest absolute Gasteiger partial charge is 0.325 e. The van der Waals surface area contributed by atoms with E-state index < -0.39 is 11.5 Å². The standard InChI is InChI=1S/C10H17NO2S/c1-3-6-11-10(9(12)13)5-4-7-14-8(10)2/h3,8,11H,1,4-7H2,2H3,(H,12,13). The van der Waals surface area contributed by atoms with Crippen molar-refractivity contribution in [3.05, 3.63) is 12.7 Å². The van der Waals surface area contributed by atoms with Crippen LogP contribution in [0.3, 0.4) is 0 Å². The molecule has 2 unspecified atom stereocenters. The molecule has 2 atom stereocenters. The van der Waals surface area contributed by atoms with Gasteiger partial charge in [-0.2, -0.15) is 11.8 Å². The lowest BCUT2D eigenvalue weighted by atomic mass is 9.89. The second kappa shape index (κ2) is 4.84. The first kappa shape index (κ1) is 11.6. The van der Waals surface area contributed by atoms with Crippen molar-refractivity contribution in [2.24, 2.45) is 0 Å². The summed E-state index contributed by atoms with van der Waals surface area (Å²) in [6.45, 7) is 6.13. The van der Waals surface area contributed by atoms with Crippen molar-refractivity contribution in [1.82, 2.24) is 5.32 Å². The van der Waals surface area contributed by atoms with Gasteiger partial charge >= 0.3 is 5.97 Å². The van der Waals surface area contributed by atoms with Gasteiger partial charge in [0.2, 0.25) is 0 Å². The number of hydrogen-bond acceptors (Lipinski definition) is 3. The van der Waals surface area contributed by atoms with Crippen LogP contribution in [0.4, 0.5) is 0 Å². The number of hydrogen-bond donors (Lipinski definition) is 2. The summed E-state index contributed by atoms with van der Waals surface area (Å²) in [5.41, 5.74) is -0.753. The lowest BCUT2D eigenvalue weighted by Gasteiger charge is -2.39. The summed E-state index contributed by atoms with van der Waals surface area (Å²) in [7, 11) is 0. The minimum Gasteiger partial charge on any atom is -0.480 e. The van der Waals surface area contributed by atoms with Crippen LogP contribution < -0.4 is 5.32 Å². The number of aliphatic carboxylic acids is 1. The second-order valence-electron chi connectivity index (χ2n) is 3.56. The lowest BCUT2D eigenvalue weighted by Crippen LogP contribution is -2.59. The highest BCUT2D eigenvalue weighted by atomic mass is 32.2. The Morgan fingerprint density at radius 3 is 3.07 bits per heavy atom. The average molecular weight is 215 g/mol. The molecule has 80 valence electrons. The molecule has 14 heavy (non-hydrogen) atoms. The van der Waals surface area contributed by atoms with Gasteiger partial charge in [-0.25, -0.2) is 0 Å². The molecule has 1 aliphatic heterocycles. The third-order valence-electron chi connectivity index (χ3n) is 2.72. The van der Waals surface area contributed by atoms with E-state index in [-0.39, 0.29) is 5.25 Å². The molecule has 0 aliphatic carbocycles. The number of rotatable bonds is 4. The van der Waals surface area contributed by atoms with E-state index in [2.05, 4.69) is 11.9 Å². The van der Waals surface area contributed by atoms with Crippen molar-refractivity contribution in [1.29, 1.82) is 0 Å². The number of carboxylic acids is 1. The number of carbonyl (C=O) groups is 1. The van der Waals surface area contributed by atoms with Crippen LogP contribution in [0.15, 0.2) is 12.7 Å². The monoisotopic (exact) mass is 215 g/mol. The quantitative estimate of drug-likeness (QED) is 0.698. The second-order valence-corrected chi connectivity index (χ2v) is 5.01. The normalized spacial score (nSPS) is 32.5. The van der Waals surface area contributed by atoms with Gasteiger partial charge in [-0.1, -0.05) is 13.0 Å². The third-order valence-corrected chi connectivity index (χ3v) is 4.15. The zero-order chi connectivity index (χ0) is 10.6. The first-order valence-electron chi connectivity index (χ1n) is 4.84. The van der Waals surface area contributed by atoms with Crippen molar-refractivity contribution >= 4 is 17.7 Å². The van der Waals surface area contributed by atoms with Crippen LogP contribution >= 0.6 is 11.8 Å². The third kappa shape index (κ3) is 2.12. The van der Waals surface area contributed by atoms with Crippen LogP contribution in [0.5, 0.6) is 0 Å². The fraction of sp³-hybridized carbons (Fsp3) is 0.700. The van der Waals surface area contributed by atoms with E-state index >= 15 is 0 Å². The van der Waals surface area contributed by atoms with Crippen molar-refractivity contribution in [2.75, 3.05) is 12.3 Å². The van der Waals surface area contributed by atoms with Crippen LogP contribution in [-0.2, 0) is 4.79 Å². The number of nitrogens with one attached hydrogen (secondary N) is 1. The van der Waals surface area contributed by atoms with Gasteiger partial charge in [0.15, 0.2) is 0 Å². The highest BCUT2D eigenvalue weighted by Crippen LogP contribution is 2.34. The molecule has 0 aromatic rings. The molecule has 0 spiro atoms. The molecule has 1 heterocycles. The first-order valence-corrected chi connectivity index (χ1v) is 5.89. The van der Waals surface area contributed by atoms with E-state index in [1.165, 1.54) is 0 Å². The Hall–Kier alpha value is -0.480. The summed E-state index contributed by atoms with van der Waals surface area (Å²) in [5.74, 6) is 0.324. The molecule has 0 aromatic heterocycles. The summed E-state index contributed by atoms with van der Waals surface area (Å²) in [4.78, 5) is 11.3. The molecular formula is C10H17NO2S. The van der Waals surface area contributed by atoms with E-state index in [9.17, 15) is 9.90 Å². The van der Waals surface area contributed by atoms with Crippen molar-refractivity contribution in [2.45, 2.75) is 30.6 Å². The zero-order valence-corrected chi connectivity index (χ0v) is 9.27. The molecule has 1 aliphatic rings. The minimum absolute atomic E-state index is 0.119. The SMILES string of the molecule is C=CCNC1(C(=O)O)CCCSC1C. The molecule has 4 heteroatoms. The lowest BCUT2D eigenvalue weighted by molar-refractivity contribution is -0.145. The van der Waals surface area contributed by atoms with Crippen molar-refractivity contribution in [3.63, 3.8) is 0 Å². The van der Waals surface area contributed by atoms with Crippen LogP contribution in [0, 0.1) is 0 Å². The van der Waals surface area contributed by atoms with E-state index in [4.69, 9.17) is 0 Å². The first-order chi connectivity index (χ1) is 6.63. The fourth-order valence-corrected chi connectivity index (χ4v) is 3.05. The van der Waals surface area contributed by atoms with E-state index in [0.29, 0.717) is 13.0 Å². The Morgan fingerprint density at radius 1 is 1.86 bits per heavy atom. The molecule has 0 bridgehead atoms. The molecule has 2 N–H and O–H groups in total. The number of thioether (sulfide) groups is 1. The molecule has 0 amide bonds. The largest absolute Gasteiger partial charge is 0.480 e. The summed E-state index contributed by atoms with van der Waals surface area (Å²) >= 11 is 1.73. The Balaban J connectivity index is 2.77. The topological polar surface area (TPSA) is 49.3 Å². The maximum Gasteiger partial charge on any atom is 0.325 e. The van der Waals surface area contributed by atoms with Gasteiger partial charge < -0.3 is 5.11 Å². The molecule has 1 saturated heterocycles. The summed E-state index contributed by atoms with van der Waals surface area (Å²) in [6.07, 6.45) is 3.38. The van der Waals surface area contributed by atoms with Crippen LogP contribution in [-0.4, -0.2) is 34.2 Å². The van der Waals surface area contributed by atoms with Gasteiger partial charge in [0, 0.05) is 11.8 Å². The zero-order valence-electron chi connectivity index (χ0n) is 8.45. The van der Waals surface area contributed by atoms with Gasteiger partial charge in [0.1, 0.15) is 5.54 Å². The summed E-state index contributed by atoms with van der Waals surface area (Å²) < 4.78 is 0. The molecule has 1 fully saturated rings. The Morgan fingerprint density at radius 2 is 2.57 bits per heavy atom. The molecular weight excluding hydrogens is 198 g/mol. The predicted molar refractivity (Wildman–Crippen MR) is 59.7 cm³/mol. The predicted octanol–water partition coefficient (Wildman–Crippen LogP) is 1.50. The molecule has 3 nitrogen and oxygen atoms in total. The average Bonchev–Trinajstić information content (AvgIpc) is 2.16. The van der Waals surface area contributed by atoms with E-state index in [0.717, 1.165) is 12.2 Å². The van der Waals surface area contributed by atoms with Gasteiger partial charge in [-0.3, -0.25) is 10.1 Å². The van der Waals surface area contributed by atoms with E-state index in [1.807, 2.05) is 6.92 Å². The van der Waals surface area contributed by atoms with Crippen LogP contribution in [0.25, 0.3) is 0 Å². The fourth-order valence-electron chi connectivity index (χ4n) is 1.80. The maximum atomic E-state index is 11.3. The Labute approximate surface area is 89.0 Å². The van der Waals surface area contributed by atoms with Crippen LogP contribution in [0.1, 0.15) is 19.8 Å². The Kier molecular flexibility index (Phi) is 4.01. The van der Waals surface area contributed by atoms with Gasteiger partial charge in [-0.15, -0.1) is 6.58 Å². The highest BCUT2D eigenvalue weighted by Gasteiger charge is 2.44. The molecule has 0 radical (unpaired) electrons. The van der Waals surface area contributed by atoms with Crippen molar-refractivity contribution in [3.8, 4) is 0 Å². The van der Waals surface area contributed by atoms with Gasteiger partial charge in [-0.05, 0) is 18.6 Å². The highest BCUT2D eigenvalue weighted by molar-refractivity contribution is 8.00. The summed E-state index contributed by atoms with van der Waals surface area (Å²) in [5, 5.41) is 12.5. The van der Waals surface area contributed by atoms with Gasteiger partial charge in [0.05, 0.1) is 0 Å². The molecule has 0 aromatic carbocycles. The molecule has 0 saturated carbocycles. The minimum atomic E-state index is -0.753. The van der Waals surface area contributed by atoms with Crippen LogP contribution in [0.2, 0.25) is 0 Å². The maximum absolute atomic E-state index is 11.3. The number of carboxylic acid groups (broad SMARTS) is 1. The van der Waals surface area contributed by atoms with Crippen molar-refractivity contribution < 1.29 is 9.90 Å². The Bertz CT molecular complexity index is 232. The van der Waals surface area contributed by atoms with Gasteiger partial charge in [0.25, 0.3) is 0 Å². The summed E-state index contributed by atoms with van der Waals surface area (Å²) in [6, 6.07) is 0. The molecule has 1 rings (SSSR count). The van der Waals surface area contributed by atoms with E-state index in [1.54, 1.807) is 17.8 Å².